The van der Waals surface area contributed by atoms with Crippen molar-refractivity contribution in [1.82, 2.24) is 4.90 Å². The number of carbonyl (C=O) groups is 1. The number of piperidine rings is 1. The number of nitrogens with zero attached hydrogens (tertiary/aromatic N) is 4. The molecule has 0 aromatic heterocycles. The van der Waals surface area contributed by atoms with Gasteiger partial charge in [0.25, 0.3) is 0 Å². The predicted octanol–water partition coefficient (Wildman–Crippen LogP) is 7.27. The highest BCUT2D eigenvalue weighted by Gasteiger charge is 2.43. The maximum Gasteiger partial charge on any atom is 0.410 e. The van der Waals surface area contributed by atoms with Crippen molar-refractivity contribution >= 4 is 29.9 Å². The number of aliphatic imine (C=N–C) groups is 2. The van der Waals surface area contributed by atoms with Crippen LogP contribution in [0.15, 0.2) is 39.6 Å². The van der Waals surface area contributed by atoms with Crippen LogP contribution in [0.5, 0.6) is 5.75 Å². The largest absolute Gasteiger partial charge is 0.474 e. The maximum absolute atomic E-state index is 12.9. The molecule has 0 bridgehead atoms. The van der Waals surface area contributed by atoms with Gasteiger partial charge >= 0.3 is 6.09 Å². The Labute approximate surface area is 231 Å². The monoisotopic (exact) mass is 542 g/mol. The number of amides is 1. The van der Waals surface area contributed by atoms with Crippen LogP contribution in [0, 0.1) is 16.7 Å². The van der Waals surface area contributed by atoms with Crippen LogP contribution in [0.2, 0.25) is 5.02 Å². The Balaban J connectivity index is 1.75. The van der Waals surface area contributed by atoms with Crippen LogP contribution in [-0.2, 0) is 9.47 Å². The second-order valence-electron chi connectivity index (χ2n) is 10.8. The summed E-state index contributed by atoms with van der Waals surface area (Å²) in [5, 5.41) is 9.41. The highest BCUT2D eigenvalue weighted by Crippen LogP contribution is 2.39. The second kappa shape index (κ2) is 12.7. The van der Waals surface area contributed by atoms with Crippen LogP contribution in [0.4, 0.5) is 4.79 Å². The molecule has 8 nitrogen and oxygen atoms in total. The van der Waals surface area contributed by atoms with E-state index in [1.807, 2.05) is 32.6 Å². The summed E-state index contributed by atoms with van der Waals surface area (Å²) in [7, 11) is 0. The first kappa shape index (κ1) is 29.5. The number of nitriles is 1. The fraction of sp³-hybridized carbons (Fsp3) is 0.586. The standard InChI is InChI=1S/C29H39ClN4O4/c1-7-13-29(6)18-34(27(35)38-28(4,5)9-3)14-12-24(29)37-26-21(8-2)16-25(32-19-33-26)36-23-11-10-20(17-31)15-22(23)30/h10-11,15,19,24H,7-9,12-14,16,18H2,1-6H3. The number of rotatable bonds is 8. The zero-order valence-corrected chi connectivity index (χ0v) is 24.1. The molecule has 38 heavy (non-hydrogen) atoms. The number of likely N-dealkylation sites (tertiary alicyclic amines) is 1. The van der Waals surface area contributed by atoms with Gasteiger partial charge in [-0.25, -0.2) is 14.8 Å². The van der Waals surface area contributed by atoms with Gasteiger partial charge < -0.3 is 19.1 Å². The molecule has 0 radical (unpaired) electrons. The van der Waals surface area contributed by atoms with Crippen LogP contribution in [-0.4, -0.2) is 48.0 Å². The van der Waals surface area contributed by atoms with E-state index in [1.165, 1.54) is 6.34 Å². The Morgan fingerprint density at radius 3 is 2.71 bits per heavy atom. The van der Waals surface area contributed by atoms with Gasteiger partial charge in [0, 0.05) is 30.5 Å². The van der Waals surface area contributed by atoms with Crippen LogP contribution >= 0.6 is 11.6 Å². The zero-order chi connectivity index (χ0) is 27.9. The summed E-state index contributed by atoms with van der Waals surface area (Å²) in [6.45, 7) is 13.4. The van der Waals surface area contributed by atoms with Crippen molar-refractivity contribution in [2.24, 2.45) is 15.4 Å². The number of benzene rings is 1. The average Bonchev–Trinajstić information content (AvgIpc) is 3.07. The Morgan fingerprint density at radius 1 is 1.32 bits per heavy atom. The summed E-state index contributed by atoms with van der Waals surface area (Å²) in [6.07, 6.45) is 5.49. The van der Waals surface area contributed by atoms with E-state index in [-0.39, 0.29) is 17.6 Å². The third-order valence-electron chi connectivity index (χ3n) is 7.30. The molecule has 1 saturated heterocycles. The molecule has 0 N–H and O–H groups in total. The number of carbonyl (C=O) groups excluding carboxylic acids is 1. The maximum atomic E-state index is 12.9. The number of ether oxygens (including phenoxy) is 3. The van der Waals surface area contributed by atoms with Gasteiger partial charge in [-0.15, -0.1) is 0 Å². The first-order valence-electron chi connectivity index (χ1n) is 13.4. The Hall–Kier alpha value is -3.05. The highest BCUT2D eigenvalue weighted by atomic mass is 35.5. The molecular formula is C29H39ClN4O4. The lowest BCUT2D eigenvalue weighted by atomic mass is 9.75. The number of halogens is 1. The fourth-order valence-corrected chi connectivity index (χ4v) is 4.91. The van der Waals surface area contributed by atoms with Gasteiger partial charge in [-0.3, -0.25) is 0 Å². The quantitative estimate of drug-likeness (QED) is 0.344. The normalized spacial score (nSPS) is 21.9. The molecule has 206 valence electrons. The summed E-state index contributed by atoms with van der Waals surface area (Å²) in [4.78, 5) is 23.7. The smallest absolute Gasteiger partial charge is 0.410 e. The Morgan fingerprint density at radius 2 is 2.08 bits per heavy atom. The average molecular weight is 543 g/mol. The molecule has 2 aliphatic heterocycles. The van der Waals surface area contributed by atoms with E-state index < -0.39 is 5.60 Å². The van der Waals surface area contributed by atoms with Crippen molar-refractivity contribution in [3.05, 3.63) is 40.2 Å². The summed E-state index contributed by atoms with van der Waals surface area (Å²) in [5.41, 5.74) is 0.669. The molecule has 0 saturated carbocycles. The Kier molecular flexibility index (Phi) is 9.83. The third kappa shape index (κ3) is 7.28. The van der Waals surface area contributed by atoms with Crippen molar-refractivity contribution < 1.29 is 19.0 Å². The molecule has 2 unspecified atom stereocenters. The van der Waals surface area contributed by atoms with Crippen LogP contribution in [0.3, 0.4) is 0 Å². The van der Waals surface area contributed by atoms with E-state index in [2.05, 4.69) is 29.9 Å². The molecule has 2 atom stereocenters. The molecule has 2 aliphatic rings. The molecule has 2 heterocycles. The zero-order valence-electron chi connectivity index (χ0n) is 23.3. The van der Waals surface area contributed by atoms with E-state index in [0.29, 0.717) is 60.5 Å². The van der Waals surface area contributed by atoms with E-state index in [4.69, 9.17) is 31.1 Å². The van der Waals surface area contributed by atoms with Gasteiger partial charge in [-0.05, 0) is 51.3 Å². The van der Waals surface area contributed by atoms with Crippen molar-refractivity contribution in [1.29, 1.82) is 5.26 Å². The van der Waals surface area contributed by atoms with E-state index >= 15 is 0 Å². The minimum absolute atomic E-state index is 0.116. The molecule has 3 rings (SSSR count). The van der Waals surface area contributed by atoms with Crippen LogP contribution in [0.1, 0.15) is 85.6 Å². The first-order valence-corrected chi connectivity index (χ1v) is 13.7. The molecular weight excluding hydrogens is 504 g/mol. The molecule has 9 heteroatoms. The molecule has 0 spiro atoms. The van der Waals surface area contributed by atoms with Crippen molar-refractivity contribution in [3.63, 3.8) is 0 Å². The topological polar surface area (TPSA) is 96.5 Å². The molecule has 1 amide bonds. The van der Waals surface area contributed by atoms with Gasteiger partial charge in [0.15, 0.2) is 0 Å². The third-order valence-corrected chi connectivity index (χ3v) is 7.59. The van der Waals surface area contributed by atoms with E-state index in [0.717, 1.165) is 24.8 Å². The SMILES string of the molecule is CCCC1(C)CN(C(=O)OC(C)(C)CC)CCC1OC1=C(CC)CC(Oc2ccc(C#N)cc2Cl)=NC=N1. The molecule has 1 aromatic carbocycles. The molecule has 1 fully saturated rings. The summed E-state index contributed by atoms with van der Waals surface area (Å²) < 4.78 is 18.3. The van der Waals surface area contributed by atoms with Gasteiger partial charge in [0.1, 0.15) is 23.8 Å². The molecule has 1 aromatic rings. The van der Waals surface area contributed by atoms with E-state index in [1.54, 1.807) is 18.2 Å². The minimum Gasteiger partial charge on any atom is -0.474 e. The summed E-state index contributed by atoms with van der Waals surface area (Å²) >= 11 is 6.30. The second-order valence-corrected chi connectivity index (χ2v) is 11.2. The Bertz CT molecular complexity index is 1150. The fourth-order valence-electron chi connectivity index (χ4n) is 4.69. The number of hydrogen-bond acceptors (Lipinski definition) is 7. The predicted molar refractivity (Wildman–Crippen MR) is 150 cm³/mol. The summed E-state index contributed by atoms with van der Waals surface area (Å²) in [6, 6.07) is 6.94. The van der Waals surface area contributed by atoms with Gasteiger partial charge in [-0.1, -0.05) is 45.7 Å². The minimum atomic E-state index is -0.497. The van der Waals surface area contributed by atoms with Crippen LogP contribution < -0.4 is 4.74 Å². The van der Waals surface area contributed by atoms with Gasteiger partial charge in [0.2, 0.25) is 11.8 Å². The van der Waals surface area contributed by atoms with Crippen LogP contribution in [0.25, 0.3) is 0 Å². The van der Waals surface area contributed by atoms with Crippen molar-refractivity contribution in [3.8, 4) is 11.8 Å². The lowest BCUT2D eigenvalue weighted by Gasteiger charge is -2.46. The number of hydrogen-bond donors (Lipinski definition) is 0. The lowest BCUT2D eigenvalue weighted by Crippen LogP contribution is -2.53. The first-order chi connectivity index (χ1) is 18.0. The van der Waals surface area contributed by atoms with Gasteiger partial charge in [-0.2, -0.15) is 5.26 Å². The highest BCUT2D eigenvalue weighted by molar-refractivity contribution is 6.32. The van der Waals surface area contributed by atoms with Gasteiger partial charge in [0.05, 0.1) is 23.1 Å². The van der Waals surface area contributed by atoms with Crippen molar-refractivity contribution in [2.45, 2.75) is 91.8 Å². The molecule has 0 aliphatic carbocycles. The van der Waals surface area contributed by atoms with Crippen molar-refractivity contribution in [2.75, 3.05) is 13.1 Å². The summed E-state index contributed by atoms with van der Waals surface area (Å²) in [5.74, 6) is 1.43. The van der Waals surface area contributed by atoms with E-state index in [9.17, 15) is 4.79 Å². The lowest BCUT2D eigenvalue weighted by molar-refractivity contribution is -0.0664.